The van der Waals surface area contributed by atoms with Gasteiger partial charge in [0, 0.05) is 45.4 Å². The number of aryl methyl sites for hydroxylation is 1. The Morgan fingerprint density at radius 1 is 1.47 bits per heavy atom. The summed E-state index contributed by atoms with van der Waals surface area (Å²) in [4.78, 5) is 27.0. The molecule has 1 aliphatic rings. The maximum Gasteiger partial charge on any atom is 0.267 e. The number of imidazole rings is 1. The second kappa shape index (κ2) is 6.12. The highest BCUT2D eigenvalue weighted by atomic mass is 16.2. The van der Waals surface area contributed by atoms with Crippen LogP contribution in [0.15, 0.2) is 23.8 Å². The molecule has 0 fully saturated rings. The van der Waals surface area contributed by atoms with Crippen LogP contribution < -0.4 is 5.32 Å². The summed E-state index contributed by atoms with van der Waals surface area (Å²) in [7, 11) is 1.56. The third-order valence-electron chi connectivity index (χ3n) is 2.91. The van der Waals surface area contributed by atoms with Crippen LogP contribution in [0.25, 0.3) is 0 Å². The van der Waals surface area contributed by atoms with Crippen molar-refractivity contribution in [2.45, 2.75) is 25.8 Å². The summed E-state index contributed by atoms with van der Waals surface area (Å²) in [6, 6.07) is 0. The number of hydrazone groups is 1. The van der Waals surface area contributed by atoms with Gasteiger partial charge in [-0.15, -0.1) is 0 Å². The molecule has 7 heteroatoms. The molecule has 1 aromatic heterocycles. The van der Waals surface area contributed by atoms with E-state index in [1.165, 1.54) is 5.01 Å². The van der Waals surface area contributed by atoms with E-state index in [0.29, 0.717) is 25.1 Å². The zero-order valence-electron chi connectivity index (χ0n) is 10.9. The van der Waals surface area contributed by atoms with Crippen molar-refractivity contribution in [3.63, 3.8) is 0 Å². The van der Waals surface area contributed by atoms with Crippen molar-refractivity contribution in [1.29, 1.82) is 0 Å². The van der Waals surface area contributed by atoms with Crippen LogP contribution in [0.3, 0.4) is 0 Å². The number of hydrogen-bond acceptors (Lipinski definition) is 4. The van der Waals surface area contributed by atoms with Crippen LogP contribution in [0, 0.1) is 0 Å². The molecule has 1 N–H and O–H groups in total. The molecule has 0 unspecified atom stereocenters. The van der Waals surface area contributed by atoms with Gasteiger partial charge in [-0.3, -0.25) is 9.59 Å². The Morgan fingerprint density at radius 3 is 3.00 bits per heavy atom. The first-order valence-corrected chi connectivity index (χ1v) is 6.25. The summed E-state index contributed by atoms with van der Waals surface area (Å²) < 4.78 is 1.96. The van der Waals surface area contributed by atoms with Gasteiger partial charge in [-0.05, 0) is 6.42 Å². The second-order valence-corrected chi connectivity index (χ2v) is 4.37. The number of aromatic nitrogens is 2. The molecule has 19 heavy (non-hydrogen) atoms. The van der Waals surface area contributed by atoms with E-state index in [-0.39, 0.29) is 11.8 Å². The number of rotatable bonds is 5. The molecule has 0 bridgehead atoms. The number of carbonyl (C=O) groups excluding carboxylic acids is 2. The first kappa shape index (κ1) is 13.3. The minimum atomic E-state index is -0.190. The van der Waals surface area contributed by atoms with Crippen LogP contribution in [0.4, 0.5) is 0 Å². The number of nitrogens with one attached hydrogen (secondary N) is 1. The number of hydrogen-bond donors (Lipinski definition) is 1. The zero-order valence-corrected chi connectivity index (χ0v) is 10.9. The minimum absolute atomic E-state index is 0.0587. The summed E-state index contributed by atoms with van der Waals surface area (Å²) in [6.45, 7) is 1.39. The maximum absolute atomic E-state index is 11.8. The molecule has 0 spiro atoms. The molecule has 1 aliphatic heterocycles. The van der Waals surface area contributed by atoms with Crippen LogP contribution in [-0.2, 0) is 16.1 Å². The quantitative estimate of drug-likeness (QED) is 0.759. The molecule has 102 valence electrons. The Bertz CT molecular complexity index is 480. The first-order valence-electron chi connectivity index (χ1n) is 6.25. The zero-order chi connectivity index (χ0) is 13.7. The van der Waals surface area contributed by atoms with Crippen LogP contribution in [0.5, 0.6) is 0 Å². The smallest absolute Gasteiger partial charge is 0.267 e. The monoisotopic (exact) mass is 263 g/mol. The summed E-state index contributed by atoms with van der Waals surface area (Å²) in [6.07, 6.45) is 6.93. The lowest BCUT2D eigenvalue weighted by Crippen LogP contribution is -2.38. The molecule has 2 heterocycles. The van der Waals surface area contributed by atoms with E-state index < -0.39 is 0 Å². The largest absolute Gasteiger partial charge is 0.351 e. The molecule has 0 radical (unpaired) electrons. The number of carbonyl (C=O) groups is 2. The van der Waals surface area contributed by atoms with Gasteiger partial charge in [-0.2, -0.15) is 5.10 Å². The third-order valence-corrected chi connectivity index (χ3v) is 2.91. The van der Waals surface area contributed by atoms with Crippen LogP contribution in [-0.4, -0.2) is 45.7 Å². The molecule has 2 rings (SSSR count). The number of amides is 2. The highest BCUT2D eigenvalue weighted by molar-refractivity contribution is 6.39. The van der Waals surface area contributed by atoms with Crippen molar-refractivity contribution in [2.75, 3.05) is 13.6 Å². The van der Waals surface area contributed by atoms with Crippen LogP contribution in [0.1, 0.15) is 19.3 Å². The average molecular weight is 263 g/mol. The summed E-state index contributed by atoms with van der Waals surface area (Å²) in [5, 5.41) is 8.00. The van der Waals surface area contributed by atoms with Gasteiger partial charge in [0.2, 0.25) is 5.91 Å². The third kappa shape index (κ3) is 3.64. The Kier molecular flexibility index (Phi) is 4.27. The molecule has 0 atom stereocenters. The molecular weight excluding hydrogens is 246 g/mol. The van der Waals surface area contributed by atoms with Crippen LogP contribution >= 0.6 is 0 Å². The SMILES string of the molecule is CN1N=C(C(=O)NCCCn2ccnc2)CCC1=O. The van der Waals surface area contributed by atoms with Gasteiger partial charge in [-0.1, -0.05) is 0 Å². The molecular formula is C12H17N5O2. The van der Waals surface area contributed by atoms with Crippen molar-refractivity contribution < 1.29 is 9.59 Å². The standard InChI is InChI=1S/C12H17N5O2/c1-16-11(18)4-3-10(15-16)12(19)14-5-2-7-17-8-6-13-9-17/h6,8-9H,2-5,7H2,1H3,(H,14,19). The second-order valence-electron chi connectivity index (χ2n) is 4.37. The van der Waals surface area contributed by atoms with E-state index in [1.807, 2.05) is 10.8 Å². The summed E-state index contributed by atoms with van der Waals surface area (Å²) in [5.41, 5.74) is 0.421. The van der Waals surface area contributed by atoms with E-state index in [0.717, 1.165) is 13.0 Å². The van der Waals surface area contributed by atoms with Gasteiger partial charge in [0.1, 0.15) is 5.71 Å². The lowest BCUT2D eigenvalue weighted by molar-refractivity contribution is -0.130. The fourth-order valence-corrected chi connectivity index (χ4v) is 1.82. The van der Waals surface area contributed by atoms with Gasteiger partial charge in [-0.25, -0.2) is 9.99 Å². The van der Waals surface area contributed by atoms with Crippen molar-refractivity contribution in [1.82, 2.24) is 19.9 Å². The fraction of sp³-hybridized carbons (Fsp3) is 0.500. The average Bonchev–Trinajstić information content (AvgIpc) is 2.91. The van der Waals surface area contributed by atoms with Crippen molar-refractivity contribution in [3.8, 4) is 0 Å². The molecule has 0 aliphatic carbocycles. The Morgan fingerprint density at radius 2 is 2.32 bits per heavy atom. The van der Waals surface area contributed by atoms with Gasteiger partial charge in [0.05, 0.1) is 6.33 Å². The van der Waals surface area contributed by atoms with E-state index in [4.69, 9.17) is 0 Å². The Hall–Kier alpha value is -2.18. The predicted octanol–water partition coefficient (Wildman–Crippen LogP) is -0.00240. The van der Waals surface area contributed by atoms with Gasteiger partial charge >= 0.3 is 0 Å². The molecule has 0 saturated heterocycles. The van der Waals surface area contributed by atoms with Crippen molar-refractivity contribution in [2.24, 2.45) is 5.10 Å². The van der Waals surface area contributed by atoms with E-state index in [2.05, 4.69) is 15.4 Å². The van der Waals surface area contributed by atoms with E-state index in [9.17, 15) is 9.59 Å². The molecule has 1 aromatic rings. The lowest BCUT2D eigenvalue weighted by atomic mass is 10.1. The fourth-order valence-electron chi connectivity index (χ4n) is 1.82. The maximum atomic E-state index is 11.8. The predicted molar refractivity (Wildman–Crippen MR) is 69.3 cm³/mol. The van der Waals surface area contributed by atoms with E-state index >= 15 is 0 Å². The van der Waals surface area contributed by atoms with E-state index in [1.54, 1.807) is 19.6 Å². The van der Waals surface area contributed by atoms with Gasteiger partial charge < -0.3 is 9.88 Å². The normalized spacial score (nSPS) is 15.3. The topological polar surface area (TPSA) is 79.6 Å². The lowest BCUT2D eigenvalue weighted by Gasteiger charge is -2.18. The molecule has 0 saturated carbocycles. The highest BCUT2D eigenvalue weighted by Gasteiger charge is 2.21. The van der Waals surface area contributed by atoms with Crippen molar-refractivity contribution >= 4 is 17.5 Å². The van der Waals surface area contributed by atoms with Gasteiger partial charge in [0.15, 0.2) is 0 Å². The minimum Gasteiger partial charge on any atom is -0.351 e. The Balaban J connectivity index is 1.72. The van der Waals surface area contributed by atoms with Crippen molar-refractivity contribution in [3.05, 3.63) is 18.7 Å². The highest BCUT2D eigenvalue weighted by Crippen LogP contribution is 2.06. The molecule has 7 nitrogen and oxygen atoms in total. The summed E-state index contributed by atoms with van der Waals surface area (Å²) >= 11 is 0. The van der Waals surface area contributed by atoms with Gasteiger partial charge in [0.25, 0.3) is 5.91 Å². The molecule has 0 aromatic carbocycles. The number of nitrogens with zero attached hydrogens (tertiary/aromatic N) is 4. The van der Waals surface area contributed by atoms with Crippen LogP contribution in [0.2, 0.25) is 0 Å². The Labute approximate surface area is 111 Å². The first-order chi connectivity index (χ1) is 9.16. The molecule has 2 amide bonds. The summed E-state index contributed by atoms with van der Waals surface area (Å²) in [5.74, 6) is -0.248.